The van der Waals surface area contributed by atoms with E-state index >= 15 is 0 Å². The van der Waals surface area contributed by atoms with Crippen LogP contribution in [0, 0.1) is 5.92 Å². The van der Waals surface area contributed by atoms with E-state index in [0.29, 0.717) is 31.7 Å². The smallest absolute Gasteiger partial charge is 0.355 e. The van der Waals surface area contributed by atoms with Crippen molar-refractivity contribution in [3.8, 4) is 0 Å². The van der Waals surface area contributed by atoms with Gasteiger partial charge in [-0.3, -0.25) is 10.2 Å². The highest BCUT2D eigenvalue weighted by Gasteiger charge is 2.32. The Hall–Kier alpha value is -1.54. The molecule has 0 bridgehead atoms. The van der Waals surface area contributed by atoms with Gasteiger partial charge in [0.1, 0.15) is 5.82 Å². The van der Waals surface area contributed by atoms with Gasteiger partial charge in [-0.1, -0.05) is 11.6 Å². The molecule has 1 aliphatic heterocycles. The Morgan fingerprint density at radius 3 is 2.52 bits per heavy atom. The minimum Gasteiger partial charge on any atom is -0.355 e. The number of hydrogen-bond donors (Lipinski definition) is 2. The highest BCUT2D eigenvalue weighted by molar-refractivity contribution is 6.33. The number of amides is 1. The van der Waals surface area contributed by atoms with Gasteiger partial charge in [0, 0.05) is 25.2 Å². The van der Waals surface area contributed by atoms with Crippen LogP contribution in [-0.2, 0) is 11.0 Å². The molecule has 0 atom stereocenters. The highest BCUT2D eigenvalue weighted by atomic mass is 35.5. The lowest BCUT2D eigenvalue weighted by atomic mass is 9.96. The second-order valence-corrected chi connectivity index (χ2v) is 5.20. The van der Waals surface area contributed by atoms with Crippen LogP contribution >= 0.6 is 11.6 Å². The third kappa shape index (κ3) is 3.56. The van der Waals surface area contributed by atoms with E-state index < -0.39 is 11.7 Å². The number of nitrogens with one attached hydrogen (secondary N) is 1. The van der Waals surface area contributed by atoms with Crippen LogP contribution in [0.5, 0.6) is 0 Å². The average molecular weight is 323 g/mol. The number of piperidine rings is 1. The van der Waals surface area contributed by atoms with Crippen LogP contribution in [0.2, 0.25) is 5.02 Å². The summed E-state index contributed by atoms with van der Waals surface area (Å²) in [6.45, 7) is 0.965. The summed E-state index contributed by atoms with van der Waals surface area (Å²) in [6, 6.07) is 0.864. The molecule has 0 aliphatic carbocycles. The summed E-state index contributed by atoms with van der Waals surface area (Å²) >= 11 is 5.89. The van der Waals surface area contributed by atoms with Gasteiger partial charge in [0.15, 0.2) is 0 Å². The van der Waals surface area contributed by atoms with Gasteiger partial charge in [-0.15, -0.1) is 0 Å². The molecule has 1 aromatic rings. The number of pyridine rings is 1. The van der Waals surface area contributed by atoms with Crippen molar-refractivity contribution in [1.29, 1.82) is 0 Å². The number of carbonyl (C=O) groups is 1. The Bertz CT molecular complexity index is 530. The van der Waals surface area contributed by atoms with Crippen molar-refractivity contribution < 1.29 is 18.0 Å². The summed E-state index contributed by atoms with van der Waals surface area (Å²) in [7, 11) is 0. The number of halogens is 4. The van der Waals surface area contributed by atoms with Gasteiger partial charge in [0.05, 0.1) is 10.6 Å². The van der Waals surface area contributed by atoms with E-state index in [1.165, 1.54) is 0 Å². The summed E-state index contributed by atoms with van der Waals surface area (Å²) in [5.74, 6) is 4.95. The van der Waals surface area contributed by atoms with Crippen LogP contribution in [-0.4, -0.2) is 24.0 Å². The Morgan fingerprint density at radius 2 is 2.05 bits per heavy atom. The molecule has 1 aliphatic rings. The van der Waals surface area contributed by atoms with Gasteiger partial charge >= 0.3 is 6.18 Å². The molecule has 0 unspecified atom stereocenters. The predicted octanol–water partition coefficient (Wildman–Crippen LogP) is 1.96. The average Bonchev–Trinajstić information content (AvgIpc) is 2.45. The van der Waals surface area contributed by atoms with Gasteiger partial charge in [-0.05, 0) is 18.9 Å². The molecule has 5 nitrogen and oxygen atoms in total. The third-order valence-corrected chi connectivity index (χ3v) is 3.73. The van der Waals surface area contributed by atoms with Crippen molar-refractivity contribution in [3.63, 3.8) is 0 Å². The number of rotatable bonds is 2. The van der Waals surface area contributed by atoms with Crippen molar-refractivity contribution in [2.24, 2.45) is 11.8 Å². The zero-order valence-electron chi connectivity index (χ0n) is 11.0. The predicted molar refractivity (Wildman–Crippen MR) is 71.5 cm³/mol. The number of anilines is 1. The lowest BCUT2D eigenvalue weighted by Gasteiger charge is -2.32. The van der Waals surface area contributed by atoms with Crippen LogP contribution < -0.4 is 16.2 Å². The first kappa shape index (κ1) is 15.8. The van der Waals surface area contributed by atoms with Crippen molar-refractivity contribution in [3.05, 3.63) is 22.8 Å². The molecule has 9 heteroatoms. The molecule has 0 saturated carbocycles. The summed E-state index contributed by atoms with van der Waals surface area (Å²) in [5, 5.41) is -0.0495. The van der Waals surface area contributed by atoms with Gasteiger partial charge < -0.3 is 4.90 Å². The second kappa shape index (κ2) is 6.07. The largest absolute Gasteiger partial charge is 0.417 e. The van der Waals surface area contributed by atoms with Crippen LogP contribution in [0.15, 0.2) is 12.3 Å². The van der Waals surface area contributed by atoms with Crippen molar-refractivity contribution >= 4 is 23.3 Å². The molecular formula is C12H14ClF3N4O. The maximum absolute atomic E-state index is 12.6. The maximum atomic E-state index is 12.6. The summed E-state index contributed by atoms with van der Waals surface area (Å²) in [5.41, 5.74) is 1.22. The fourth-order valence-corrected chi connectivity index (χ4v) is 2.58. The van der Waals surface area contributed by atoms with Gasteiger partial charge in [0.25, 0.3) is 0 Å². The maximum Gasteiger partial charge on any atom is 0.417 e. The first-order valence-electron chi connectivity index (χ1n) is 6.31. The van der Waals surface area contributed by atoms with Crippen molar-refractivity contribution in [1.82, 2.24) is 10.4 Å². The molecule has 0 aromatic carbocycles. The number of carbonyl (C=O) groups excluding carboxylic acids is 1. The normalized spacial score (nSPS) is 16.9. The Labute approximate surface area is 124 Å². The van der Waals surface area contributed by atoms with Gasteiger partial charge in [-0.25, -0.2) is 10.8 Å². The number of nitrogens with zero attached hydrogens (tertiary/aromatic N) is 2. The van der Waals surface area contributed by atoms with Crippen molar-refractivity contribution in [2.75, 3.05) is 18.0 Å². The summed E-state index contributed by atoms with van der Waals surface area (Å²) in [4.78, 5) is 17.0. The zero-order valence-corrected chi connectivity index (χ0v) is 11.7. The van der Waals surface area contributed by atoms with Crippen LogP contribution in [0.1, 0.15) is 18.4 Å². The number of hydrogen-bond acceptors (Lipinski definition) is 4. The highest BCUT2D eigenvalue weighted by Crippen LogP contribution is 2.34. The Morgan fingerprint density at radius 1 is 1.43 bits per heavy atom. The fraction of sp³-hybridized carbons (Fsp3) is 0.500. The van der Waals surface area contributed by atoms with Gasteiger partial charge in [-0.2, -0.15) is 13.2 Å². The van der Waals surface area contributed by atoms with E-state index in [-0.39, 0.29) is 16.8 Å². The first-order chi connectivity index (χ1) is 9.82. The molecule has 116 valence electrons. The van der Waals surface area contributed by atoms with Crippen molar-refractivity contribution in [2.45, 2.75) is 19.0 Å². The summed E-state index contributed by atoms with van der Waals surface area (Å²) < 4.78 is 37.7. The lowest BCUT2D eigenvalue weighted by molar-refractivity contribution is -0.137. The molecule has 3 N–H and O–H groups in total. The molecule has 1 aromatic heterocycles. The van der Waals surface area contributed by atoms with E-state index in [1.54, 1.807) is 4.90 Å². The standard InChI is InChI=1S/C12H14ClF3N4O/c13-9-5-8(12(14,15)16)6-18-10(9)20-3-1-7(2-4-20)11(21)19-17/h5-7H,1-4,17H2,(H,19,21). The molecule has 2 rings (SSSR count). The number of nitrogens with two attached hydrogens (primary N) is 1. The van der Waals surface area contributed by atoms with E-state index in [2.05, 4.69) is 10.4 Å². The molecule has 2 heterocycles. The molecule has 1 fully saturated rings. The Kier molecular flexibility index (Phi) is 4.58. The Balaban J connectivity index is 2.09. The third-order valence-electron chi connectivity index (χ3n) is 3.46. The number of aromatic nitrogens is 1. The number of hydrazine groups is 1. The monoisotopic (exact) mass is 322 g/mol. The van der Waals surface area contributed by atoms with E-state index in [1.807, 2.05) is 0 Å². The molecular weight excluding hydrogens is 309 g/mol. The zero-order chi connectivity index (χ0) is 15.6. The molecule has 0 spiro atoms. The van der Waals surface area contributed by atoms with Crippen LogP contribution in [0.3, 0.4) is 0 Å². The van der Waals surface area contributed by atoms with E-state index in [0.717, 1.165) is 12.3 Å². The summed E-state index contributed by atoms with van der Waals surface area (Å²) in [6.07, 6.45) is -2.62. The van der Waals surface area contributed by atoms with Crippen LogP contribution in [0.4, 0.5) is 19.0 Å². The minimum absolute atomic E-state index is 0.0495. The minimum atomic E-state index is -4.47. The fourth-order valence-electron chi connectivity index (χ4n) is 2.29. The molecule has 1 amide bonds. The van der Waals surface area contributed by atoms with E-state index in [9.17, 15) is 18.0 Å². The quantitative estimate of drug-likeness (QED) is 0.496. The molecule has 21 heavy (non-hydrogen) atoms. The molecule has 1 saturated heterocycles. The molecule has 0 radical (unpaired) electrons. The second-order valence-electron chi connectivity index (χ2n) is 4.80. The van der Waals surface area contributed by atoms with Crippen LogP contribution in [0.25, 0.3) is 0 Å². The first-order valence-corrected chi connectivity index (χ1v) is 6.69. The number of alkyl halides is 3. The lowest BCUT2D eigenvalue weighted by Crippen LogP contribution is -2.43. The van der Waals surface area contributed by atoms with E-state index in [4.69, 9.17) is 17.4 Å². The topological polar surface area (TPSA) is 71.2 Å². The van der Waals surface area contributed by atoms with Gasteiger partial charge in [0.2, 0.25) is 5.91 Å². The SMILES string of the molecule is NNC(=O)C1CCN(c2ncc(C(F)(F)F)cc2Cl)CC1.